The Balaban J connectivity index is 1.14. The molecule has 2 aromatic rings. The van der Waals surface area contributed by atoms with Gasteiger partial charge in [-0.2, -0.15) is 0 Å². The molecule has 1 aromatic carbocycles. The molecule has 4 aliphatic carbocycles. The predicted molar refractivity (Wildman–Crippen MR) is 230 cm³/mol. The van der Waals surface area contributed by atoms with E-state index in [1.54, 1.807) is 17.9 Å². The third-order valence-corrected chi connectivity index (χ3v) is 17.1. The van der Waals surface area contributed by atoms with E-state index in [-0.39, 0.29) is 61.9 Å². The third-order valence-electron chi connectivity index (χ3n) is 14.4. The molecule has 0 spiro atoms. The molecule has 4 saturated carbocycles. The van der Waals surface area contributed by atoms with Gasteiger partial charge in [-0.05, 0) is 101 Å². The highest BCUT2D eigenvalue weighted by molar-refractivity contribution is 9.09. The highest BCUT2D eigenvalue weighted by Crippen LogP contribution is 2.57. The number of para-hydroxylation sites is 1. The molecule has 5 fully saturated rings. The molecule has 3 heterocycles. The van der Waals surface area contributed by atoms with Crippen LogP contribution in [0.5, 0.6) is 11.6 Å². The molecule has 2 amide bonds. The van der Waals surface area contributed by atoms with Crippen molar-refractivity contribution >= 4 is 60.4 Å². The Labute approximate surface area is 362 Å². The minimum atomic E-state index is -3.95. The lowest BCUT2D eigenvalue weighted by atomic mass is 9.77. The van der Waals surface area contributed by atoms with Crippen molar-refractivity contribution in [3.05, 3.63) is 42.5 Å². The molecule has 326 valence electrons. The second-order valence-electron chi connectivity index (χ2n) is 18.7. The number of aromatic nitrogens is 1. The van der Waals surface area contributed by atoms with Gasteiger partial charge in [0, 0.05) is 23.6 Å². The first kappa shape index (κ1) is 43.1. The number of benzene rings is 1. The van der Waals surface area contributed by atoms with Gasteiger partial charge in [-0.1, -0.05) is 66.2 Å². The van der Waals surface area contributed by atoms with Crippen molar-refractivity contribution in [2.24, 2.45) is 29.1 Å². The van der Waals surface area contributed by atoms with Crippen LogP contribution in [-0.2, 0) is 40.4 Å². The molecule has 0 radical (unpaired) electrons. The van der Waals surface area contributed by atoms with Crippen LogP contribution in [0.2, 0.25) is 0 Å². The number of ketones is 1. The zero-order valence-electron chi connectivity index (χ0n) is 34.8. The summed E-state index contributed by atoms with van der Waals surface area (Å²) in [4.78, 5) is 64.1. The number of fused-ring (bicyclic) bond motifs is 5. The minimum absolute atomic E-state index is 0.0391. The van der Waals surface area contributed by atoms with E-state index in [2.05, 4.69) is 27.2 Å². The zero-order chi connectivity index (χ0) is 42.2. The lowest BCUT2D eigenvalue weighted by Crippen LogP contribution is -2.48. The molecule has 2 bridgehead atoms. The van der Waals surface area contributed by atoms with E-state index in [1.165, 1.54) is 0 Å². The van der Waals surface area contributed by atoms with Crippen LogP contribution in [0.15, 0.2) is 36.9 Å². The summed E-state index contributed by atoms with van der Waals surface area (Å²) >= 11 is 3.53. The highest BCUT2D eigenvalue weighted by atomic mass is 79.9. The number of rotatable bonds is 12. The number of halogens is 1. The number of nitrogens with one attached hydrogen (secondary N) is 1. The second kappa shape index (κ2) is 17.7. The van der Waals surface area contributed by atoms with E-state index < -0.39 is 50.1 Å². The standard InChI is InChI=1S/C46H60BrN3O9S/c1-3-31-26-46(31,44(54)49-60(55,56)45(2)19-20-45)27-38(51)37-24-32-28-50(37)43(53)35(29-13-6-4-7-14-29)25-40(52)59-39-23-30(39)15-8-5-9-17-34-41(57-22-12-21-47)33-16-10-11-18-36(33)48-42(34)58-32/h3,10-11,16,18,29-32,35,37,39H,1,4-9,12-15,17,19-28H2,2H3,(H,49,54)/t30-,31-,32-,35+,37+,39-,46?/m1/s1. The third kappa shape index (κ3) is 9.01. The topological polar surface area (TPSA) is 158 Å². The monoisotopic (exact) mass is 909 g/mol. The van der Waals surface area contributed by atoms with Crippen molar-refractivity contribution in [3.8, 4) is 11.6 Å². The fourth-order valence-corrected chi connectivity index (χ4v) is 11.6. The van der Waals surface area contributed by atoms with E-state index in [0.29, 0.717) is 43.2 Å². The smallest absolute Gasteiger partial charge is 0.306 e. The number of ether oxygens (including phenoxy) is 3. The number of esters is 1. The van der Waals surface area contributed by atoms with E-state index in [1.807, 2.05) is 24.3 Å². The zero-order valence-corrected chi connectivity index (χ0v) is 37.2. The maximum atomic E-state index is 15.1. The SMILES string of the molecule is C=C[C@@H]1CC1(CC(=O)[C@@H]1C[C@@H]2CN1C(=O)[C@H](C1CCCCC1)CC(=O)O[C@@H]1C[C@H]1CCCCCc1c(nc3ccccc3c1OCCCBr)O2)C(=O)NS(=O)(=O)C1(C)CC1. The van der Waals surface area contributed by atoms with E-state index in [0.717, 1.165) is 92.7 Å². The summed E-state index contributed by atoms with van der Waals surface area (Å²) < 4.78 is 47.1. The number of carbonyl (C=O) groups excluding carboxylic acids is 4. The number of pyridine rings is 1. The minimum Gasteiger partial charge on any atom is -0.492 e. The van der Waals surface area contributed by atoms with Gasteiger partial charge in [0.25, 0.3) is 0 Å². The first-order valence-corrected chi connectivity index (χ1v) is 25.0. The second-order valence-corrected chi connectivity index (χ2v) is 21.7. The normalized spacial score (nSPS) is 30.7. The quantitative estimate of drug-likeness (QED) is 0.0977. The largest absolute Gasteiger partial charge is 0.492 e. The van der Waals surface area contributed by atoms with Crippen molar-refractivity contribution < 1.29 is 41.8 Å². The molecule has 14 heteroatoms. The number of sulfonamides is 1. The summed E-state index contributed by atoms with van der Waals surface area (Å²) in [6.45, 7) is 6.09. The molecule has 6 aliphatic rings. The molecule has 1 unspecified atom stereocenters. The Morgan fingerprint density at radius 2 is 1.77 bits per heavy atom. The van der Waals surface area contributed by atoms with Crippen LogP contribution in [0.25, 0.3) is 10.9 Å². The van der Waals surface area contributed by atoms with Crippen LogP contribution in [0.1, 0.15) is 122 Å². The number of carbonyl (C=O) groups is 4. The lowest BCUT2D eigenvalue weighted by Gasteiger charge is -2.34. The van der Waals surface area contributed by atoms with Crippen molar-refractivity contribution in [1.82, 2.24) is 14.6 Å². The summed E-state index contributed by atoms with van der Waals surface area (Å²) in [7, 11) is -3.95. The Kier molecular flexibility index (Phi) is 12.7. The Hall–Kier alpha value is -3.52. The van der Waals surface area contributed by atoms with Crippen LogP contribution in [0.4, 0.5) is 0 Å². The van der Waals surface area contributed by atoms with E-state index in [9.17, 15) is 22.8 Å². The number of hydrogen-bond acceptors (Lipinski definition) is 10. The van der Waals surface area contributed by atoms with Crippen LogP contribution in [0, 0.1) is 29.1 Å². The van der Waals surface area contributed by atoms with Gasteiger partial charge in [-0.3, -0.25) is 23.9 Å². The van der Waals surface area contributed by atoms with Crippen molar-refractivity contribution in [3.63, 3.8) is 0 Å². The number of hydrogen-bond donors (Lipinski definition) is 1. The summed E-state index contributed by atoms with van der Waals surface area (Å²) in [6, 6.07) is 6.87. The molecular formula is C46H60BrN3O9S. The lowest BCUT2D eigenvalue weighted by molar-refractivity contribution is -0.153. The molecule has 60 heavy (non-hydrogen) atoms. The van der Waals surface area contributed by atoms with Crippen LogP contribution in [0.3, 0.4) is 0 Å². The fourth-order valence-electron chi connectivity index (χ4n) is 10.1. The van der Waals surface area contributed by atoms with Crippen molar-refractivity contribution in [2.45, 2.75) is 145 Å². The van der Waals surface area contributed by atoms with E-state index in [4.69, 9.17) is 19.2 Å². The molecule has 1 aromatic heterocycles. The van der Waals surface area contributed by atoms with Gasteiger partial charge in [0.2, 0.25) is 27.7 Å². The molecule has 1 N–H and O–H groups in total. The summed E-state index contributed by atoms with van der Waals surface area (Å²) in [5, 5.41) is 1.69. The van der Waals surface area contributed by atoms with Gasteiger partial charge in [0.1, 0.15) is 18.0 Å². The molecule has 8 rings (SSSR count). The number of nitrogens with zero attached hydrogens (tertiary/aromatic N) is 2. The fraction of sp³-hybridized carbons (Fsp3) is 0.674. The molecule has 1 saturated heterocycles. The Morgan fingerprint density at radius 1 is 1.03 bits per heavy atom. The van der Waals surface area contributed by atoms with Crippen LogP contribution >= 0.6 is 15.9 Å². The van der Waals surface area contributed by atoms with Crippen LogP contribution in [-0.4, -0.2) is 83.3 Å². The van der Waals surface area contributed by atoms with Gasteiger partial charge in [0.15, 0.2) is 5.78 Å². The first-order chi connectivity index (χ1) is 28.9. The van der Waals surface area contributed by atoms with E-state index >= 15 is 4.79 Å². The molecule has 2 aliphatic heterocycles. The number of allylic oxidation sites excluding steroid dienone is 1. The van der Waals surface area contributed by atoms with Gasteiger partial charge < -0.3 is 19.1 Å². The highest BCUT2D eigenvalue weighted by Gasteiger charge is 2.62. The number of alkyl halides is 1. The maximum absolute atomic E-state index is 15.1. The van der Waals surface area contributed by atoms with Gasteiger partial charge >= 0.3 is 5.97 Å². The average molecular weight is 911 g/mol. The van der Waals surface area contributed by atoms with Crippen LogP contribution < -0.4 is 14.2 Å². The Bertz CT molecular complexity index is 2100. The predicted octanol–water partition coefficient (Wildman–Crippen LogP) is 7.53. The van der Waals surface area contributed by atoms with Gasteiger partial charge in [-0.15, -0.1) is 6.58 Å². The van der Waals surface area contributed by atoms with Gasteiger partial charge in [-0.25, -0.2) is 13.4 Å². The molecule has 12 nitrogen and oxygen atoms in total. The maximum Gasteiger partial charge on any atom is 0.306 e. The summed E-state index contributed by atoms with van der Waals surface area (Å²) in [6.07, 6.45) is 12.6. The van der Waals surface area contributed by atoms with Crippen molar-refractivity contribution in [2.75, 3.05) is 18.5 Å². The van der Waals surface area contributed by atoms with Gasteiger partial charge in [0.05, 0.1) is 52.8 Å². The first-order valence-electron chi connectivity index (χ1n) is 22.4. The summed E-state index contributed by atoms with van der Waals surface area (Å²) in [5.74, 6) is -1.31. The number of Topliss-reactive ketones (excluding diaryl/α,β-unsaturated/α-hetero) is 1. The van der Waals surface area contributed by atoms with Crippen molar-refractivity contribution in [1.29, 1.82) is 0 Å². The number of amides is 2. The molecule has 7 atom stereocenters. The average Bonchev–Trinajstić information content (AvgIpc) is 4.20. The molecular weight excluding hydrogens is 850 g/mol. The summed E-state index contributed by atoms with van der Waals surface area (Å²) in [5.41, 5.74) is 0.288. The Morgan fingerprint density at radius 3 is 2.48 bits per heavy atom.